The minimum atomic E-state index is -0.599. The fourth-order valence-corrected chi connectivity index (χ4v) is 2.77. The van der Waals surface area contributed by atoms with Crippen LogP contribution < -0.4 is 16.0 Å². The molecule has 21 heavy (non-hydrogen) atoms. The van der Waals surface area contributed by atoms with Gasteiger partial charge in [-0.15, -0.1) is 0 Å². The van der Waals surface area contributed by atoms with Crippen LogP contribution in [0.25, 0.3) is 0 Å². The lowest BCUT2D eigenvalue weighted by atomic mass is 9.97. The summed E-state index contributed by atoms with van der Waals surface area (Å²) < 4.78 is 14.2. The van der Waals surface area contributed by atoms with Crippen LogP contribution in [0.5, 0.6) is 0 Å². The number of benzene rings is 1. The maximum atomic E-state index is 14.2. The molecule has 1 aromatic rings. The highest BCUT2D eigenvalue weighted by Crippen LogP contribution is 2.26. The molecule has 4 nitrogen and oxygen atoms in total. The van der Waals surface area contributed by atoms with Crippen molar-refractivity contribution in [3.63, 3.8) is 0 Å². The van der Waals surface area contributed by atoms with E-state index in [1.165, 1.54) is 6.07 Å². The molecule has 0 aromatic heterocycles. The number of piperidine rings is 1. The molecule has 0 saturated carbocycles. The summed E-state index contributed by atoms with van der Waals surface area (Å²) in [6.45, 7) is 6.90. The first kappa shape index (κ1) is 15.8. The molecule has 1 amide bonds. The Morgan fingerprint density at radius 2 is 2.29 bits per heavy atom. The molecule has 5 heteroatoms. The number of hydrogen-bond donors (Lipinski definition) is 2. The lowest BCUT2D eigenvalue weighted by molar-refractivity contribution is 0.1000. The summed E-state index contributed by atoms with van der Waals surface area (Å²) >= 11 is 0. The molecule has 0 spiro atoms. The second-order valence-electron chi connectivity index (χ2n) is 6.05. The van der Waals surface area contributed by atoms with E-state index in [1.54, 1.807) is 12.1 Å². The molecule has 1 unspecified atom stereocenters. The van der Waals surface area contributed by atoms with Crippen molar-refractivity contribution in [1.29, 1.82) is 0 Å². The van der Waals surface area contributed by atoms with Crippen LogP contribution in [0.2, 0.25) is 0 Å². The molecular formula is C16H24FN3O. The minimum absolute atomic E-state index is 0.214. The quantitative estimate of drug-likeness (QED) is 0.874. The van der Waals surface area contributed by atoms with Gasteiger partial charge in [0.2, 0.25) is 5.91 Å². The molecule has 0 bridgehead atoms. The van der Waals surface area contributed by atoms with Gasteiger partial charge in [0, 0.05) is 24.7 Å². The van der Waals surface area contributed by atoms with E-state index in [4.69, 9.17) is 5.73 Å². The molecule has 1 atom stereocenters. The third-order valence-corrected chi connectivity index (χ3v) is 3.91. The fraction of sp³-hybridized carbons (Fsp3) is 0.562. The summed E-state index contributed by atoms with van der Waals surface area (Å²) in [4.78, 5) is 13.1. The number of anilines is 1. The van der Waals surface area contributed by atoms with E-state index < -0.39 is 5.91 Å². The van der Waals surface area contributed by atoms with Crippen LogP contribution >= 0.6 is 0 Å². The molecule has 3 N–H and O–H groups in total. The van der Waals surface area contributed by atoms with E-state index in [9.17, 15) is 9.18 Å². The van der Waals surface area contributed by atoms with Crippen molar-refractivity contribution in [3.05, 3.63) is 29.6 Å². The van der Waals surface area contributed by atoms with E-state index in [2.05, 4.69) is 24.1 Å². The van der Waals surface area contributed by atoms with Gasteiger partial charge in [-0.05, 0) is 43.5 Å². The Bertz CT molecular complexity index is 504. The van der Waals surface area contributed by atoms with Crippen LogP contribution in [-0.2, 0) is 0 Å². The molecule has 0 aliphatic carbocycles. The molecule has 1 saturated heterocycles. The molecule has 2 rings (SSSR count). The lowest BCUT2D eigenvalue weighted by Gasteiger charge is -2.35. The van der Waals surface area contributed by atoms with E-state index >= 15 is 0 Å². The molecule has 1 fully saturated rings. The number of nitrogens with one attached hydrogen (secondary N) is 1. The minimum Gasteiger partial charge on any atom is -0.369 e. The number of carbonyl (C=O) groups excluding carboxylic acids is 1. The third-order valence-electron chi connectivity index (χ3n) is 3.91. The standard InChI is InChI=1S/C16H24FN3O/c1-11(2)19-9-12-4-3-7-20(10-12)15-6-5-13(16(18)21)8-14(15)17/h5-6,8,11-12,19H,3-4,7,9-10H2,1-2H3,(H2,18,21). The van der Waals surface area contributed by atoms with Gasteiger partial charge in [0.1, 0.15) is 5.82 Å². The van der Waals surface area contributed by atoms with Crippen molar-refractivity contribution in [2.24, 2.45) is 11.7 Å². The SMILES string of the molecule is CC(C)NCC1CCCN(c2ccc(C(N)=O)cc2F)C1. The van der Waals surface area contributed by atoms with E-state index in [1.807, 2.05) is 0 Å². The molecule has 1 aliphatic heterocycles. The summed E-state index contributed by atoms with van der Waals surface area (Å²) in [6.07, 6.45) is 2.22. The van der Waals surface area contributed by atoms with Crippen LogP contribution in [0, 0.1) is 11.7 Å². The summed E-state index contributed by atoms with van der Waals surface area (Å²) in [5, 5.41) is 3.44. The summed E-state index contributed by atoms with van der Waals surface area (Å²) in [5.41, 5.74) is 5.95. The Kier molecular flexibility index (Phi) is 5.17. The predicted octanol–water partition coefficient (Wildman–Crippen LogP) is 2.14. The zero-order chi connectivity index (χ0) is 15.4. The Morgan fingerprint density at radius 3 is 2.90 bits per heavy atom. The molecular weight excluding hydrogens is 269 g/mol. The zero-order valence-electron chi connectivity index (χ0n) is 12.7. The average molecular weight is 293 g/mol. The van der Waals surface area contributed by atoms with Gasteiger partial charge in [0.05, 0.1) is 5.69 Å². The Hall–Kier alpha value is -1.62. The van der Waals surface area contributed by atoms with Gasteiger partial charge in [-0.2, -0.15) is 0 Å². The van der Waals surface area contributed by atoms with Crippen molar-refractivity contribution in [2.75, 3.05) is 24.5 Å². The Labute approximate surface area is 125 Å². The van der Waals surface area contributed by atoms with Gasteiger partial charge < -0.3 is 16.0 Å². The van der Waals surface area contributed by atoms with E-state index in [-0.39, 0.29) is 11.4 Å². The first-order valence-electron chi connectivity index (χ1n) is 7.55. The van der Waals surface area contributed by atoms with Crippen molar-refractivity contribution >= 4 is 11.6 Å². The molecule has 1 aliphatic rings. The maximum absolute atomic E-state index is 14.2. The predicted molar refractivity (Wildman–Crippen MR) is 83.0 cm³/mol. The van der Waals surface area contributed by atoms with Gasteiger partial charge in [-0.3, -0.25) is 4.79 Å². The smallest absolute Gasteiger partial charge is 0.248 e. The fourth-order valence-electron chi connectivity index (χ4n) is 2.77. The average Bonchev–Trinajstić information content (AvgIpc) is 2.45. The number of amides is 1. The monoisotopic (exact) mass is 293 g/mol. The van der Waals surface area contributed by atoms with Gasteiger partial charge in [-0.1, -0.05) is 13.8 Å². The second-order valence-corrected chi connectivity index (χ2v) is 6.05. The zero-order valence-corrected chi connectivity index (χ0v) is 12.7. The third kappa shape index (κ3) is 4.17. The Morgan fingerprint density at radius 1 is 1.52 bits per heavy atom. The lowest BCUT2D eigenvalue weighted by Crippen LogP contribution is -2.41. The van der Waals surface area contributed by atoms with Gasteiger partial charge >= 0.3 is 0 Å². The number of nitrogens with zero attached hydrogens (tertiary/aromatic N) is 1. The van der Waals surface area contributed by atoms with Crippen molar-refractivity contribution < 1.29 is 9.18 Å². The number of nitrogens with two attached hydrogens (primary N) is 1. The maximum Gasteiger partial charge on any atom is 0.248 e. The number of rotatable bonds is 5. The number of primary amides is 1. The largest absolute Gasteiger partial charge is 0.369 e. The first-order valence-corrected chi connectivity index (χ1v) is 7.55. The highest BCUT2D eigenvalue weighted by atomic mass is 19.1. The van der Waals surface area contributed by atoms with Gasteiger partial charge in [0.15, 0.2) is 0 Å². The van der Waals surface area contributed by atoms with Crippen molar-refractivity contribution in [2.45, 2.75) is 32.7 Å². The van der Waals surface area contributed by atoms with Crippen LogP contribution in [0.1, 0.15) is 37.0 Å². The molecule has 0 radical (unpaired) electrons. The number of halogens is 1. The van der Waals surface area contributed by atoms with Crippen LogP contribution in [0.15, 0.2) is 18.2 Å². The van der Waals surface area contributed by atoms with Crippen molar-refractivity contribution in [1.82, 2.24) is 5.32 Å². The normalized spacial score (nSPS) is 19.0. The molecule has 116 valence electrons. The topological polar surface area (TPSA) is 58.4 Å². The van der Waals surface area contributed by atoms with Crippen molar-refractivity contribution in [3.8, 4) is 0 Å². The summed E-state index contributed by atoms with van der Waals surface area (Å²) in [7, 11) is 0. The van der Waals surface area contributed by atoms with Gasteiger partial charge in [0.25, 0.3) is 0 Å². The summed E-state index contributed by atoms with van der Waals surface area (Å²) in [5.74, 6) is -0.446. The highest BCUT2D eigenvalue weighted by Gasteiger charge is 2.22. The molecule has 1 heterocycles. The van der Waals surface area contributed by atoms with E-state index in [0.29, 0.717) is 17.6 Å². The van der Waals surface area contributed by atoms with Crippen LogP contribution in [-0.4, -0.2) is 31.6 Å². The van der Waals surface area contributed by atoms with E-state index in [0.717, 1.165) is 32.5 Å². The second kappa shape index (κ2) is 6.89. The van der Waals surface area contributed by atoms with Gasteiger partial charge in [-0.25, -0.2) is 4.39 Å². The number of hydrogen-bond acceptors (Lipinski definition) is 3. The molecule has 1 aromatic carbocycles. The van der Waals surface area contributed by atoms with Crippen LogP contribution in [0.3, 0.4) is 0 Å². The first-order chi connectivity index (χ1) is 9.97. The summed E-state index contributed by atoms with van der Waals surface area (Å²) in [6, 6.07) is 4.95. The van der Waals surface area contributed by atoms with Crippen LogP contribution in [0.4, 0.5) is 10.1 Å². The Balaban J connectivity index is 2.05. The number of carbonyl (C=O) groups is 1. The highest BCUT2D eigenvalue weighted by molar-refractivity contribution is 5.93.